The van der Waals surface area contributed by atoms with E-state index >= 15 is 0 Å². The zero-order chi connectivity index (χ0) is 14.1. The molecule has 0 bridgehead atoms. The number of benzene rings is 1. The van der Waals surface area contributed by atoms with Crippen LogP contribution in [-0.2, 0) is 11.2 Å². The van der Waals surface area contributed by atoms with Crippen molar-refractivity contribution in [3.05, 3.63) is 29.8 Å². The van der Waals surface area contributed by atoms with Gasteiger partial charge in [0.25, 0.3) is 0 Å². The van der Waals surface area contributed by atoms with Gasteiger partial charge in [-0.05, 0) is 49.1 Å². The number of ether oxygens (including phenoxy) is 2. The monoisotopic (exact) mass is 287 g/mol. The van der Waals surface area contributed by atoms with Crippen molar-refractivity contribution in [1.82, 2.24) is 5.32 Å². The molecule has 2 heterocycles. The van der Waals surface area contributed by atoms with Crippen molar-refractivity contribution in [3.63, 3.8) is 0 Å². The van der Waals surface area contributed by atoms with Gasteiger partial charge in [-0.3, -0.25) is 0 Å². The highest BCUT2D eigenvalue weighted by atomic mass is 16.5. The molecule has 1 saturated carbocycles. The van der Waals surface area contributed by atoms with Gasteiger partial charge in [0.05, 0.1) is 0 Å². The minimum Gasteiger partial charge on any atom is -0.490 e. The molecular formula is C18H25NO2. The van der Waals surface area contributed by atoms with Crippen molar-refractivity contribution < 1.29 is 9.47 Å². The molecule has 1 atom stereocenters. The summed E-state index contributed by atoms with van der Waals surface area (Å²) in [6, 6.07) is 9.28. The lowest BCUT2D eigenvalue weighted by atomic mass is 9.75. The minimum atomic E-state index is 0.349. The van der Waals surface area contributed by atoms with E-state index in [1.807, 2.05) is 0 Å². The fraction of sp³-hybridized carbons (Fsp3) is 0.667. The minimum absolute atomic E-state index is 0.349. The molecule has 3 nitrogen and oxygen atoms in total. The van der Waals surface area contributed by atoms with E-state index in [2.05, 4.69) is 29.6 Å². The van der Waals surface area contributed by atoms with Crippen molar-refractivity contribution in [1.29, 1.82) is 0 Å². The van der Waals surface area contributed by atoms with E-state index in [0.29, 0.717) is 11.5 Å². The summed E-state index contributed by atoms with van der Waals surface area (Å²) >= 11 is 0. The van der Waals surface area contributed by atoms with Crippen LogP contribution in [0.2, 0.25) is 0 Å². The second-order valence-electron chi connectivity index (χ2n) is 7.02. The first kappa shape index (κ1) is 13.6. The van der Waals surface area contributed by atoms with Gasteiger partial charge in [0.1, 0.15) is 11.9 Å². The smallest absolute Gasteiger partial charge is 0.123 e. The summed E-state index contributed by atoms with van der Waals surface area (Å²) in [6.45, 7) is 2.95. The number of fused-ring (bicyclic) bond motifs is 1. The van der Waals surface area contributed by atoms with Gasteiger partial charge in [-0.25, -0.2) is 0 Å². The van der Waals surface area contributed by atoms with E-state index in [1.54, 1.807) is 0 Å². The summed E-state index contributed by atoms with van der Waals surface area (Å²) in [5, 5.41) is 3.75. The van der Waals surface area contributed by atoms with Gasteiger partial charge in [-0.1, -0.05) is 18.2 Å². The van der Waals surface area contributed by atoms with Crippen LogP contribution in [0.4, 0.5) is 0 Å². The zero-order valence-electron chi connectivity index (χ0n) is 12.6. The lowest BCUT2D eigenvalue weighted by molar-refractivity contribution is -0.00616. The van der Waals surface area contributed by atoms with Crippen LogP contribution in [0, 0.1) is 5.41 Å². The number of para-hydroxylation sites is 1. The molecular weight excluding hydrogens is 262 g/mol. The lowest BCUT2D eigenvalue weighted by Gasteiger charge is -2.39. The summed E-state index contributed by atoms with van der Waals surface area (Å²) in [7, 11) is 0. The highest BCUT2D eigenvalue weighted by Crippen LogP contribution is 2.40. The molecule has 1 aromatic carbocycles. The summed E-state index contributed by atoms with van der Waals surface area (Å²) in [5.41, 5.74) is 1.74. The maximum Gasteiger partial charge on any atom is 0.123 e. The third kappa shape index (κ3) is 3.09. The molecule has 1 unspecified atom stereocenters. The third-order valence-corrected chi connectivity index (χ3v) is 5.27. The molecule has 3 aliphatic rings. The van der Waals surface area contributed by atoms with Crippen molar-refractivity contribution in [2.75, 3.05) is 19.8 Å². The fourth-order valence-corrected chi connectivity index (χ4v) is 3.76. The van der Waals surface area contributed by atoms with E-state index in [1.165, 1.54) is 31.2 Å². The first-order chi connectivity index (χ1) is 10.3. The van der Waals surface area contributed by atoms with Crippen molar-refractivity contribution >= 4 is 0 Å². The molecule has 3 heteroatoms. The third-order valence-electron chi connectivity index (χ3n) is 5.27. The molecule has 4 rings (SSSR count). The standard InChI is InChI=1S/C18H25NO2/c1-2-4-17-14(3-1)11-16(21-17)12-18(7-9-20-10-8-18)13-19-15-5-6-15/h1-4,15-16,19H,5-13H2. The van der Waals surface area contributed by atoms with E-state index in [-0.39, 0.29) is 0 Å². The lowest BCUT2D eigenvalue weighted by Crippen LogP contribution is -2.43. The molecule has 1 saturated heterocycles. The number of rotatable bonds is 5. The summed E-state index contributed by atoms with van der Waals surface area (Å²) in [6.07, 6.45) is 7.64. The van der Waals surface area contributed by atoms with Gasteiger partial charge >= 0.3 is 0 Å². The molecule has 0 aromatic heterocycles. The molecule has 21 heavy (non-hydrogen) atoms. The highest BCUT2D eigenvalue weighted by molar-refractivity contribution is 5.37. The second kappa shape index (κ2) is 5.62. The topological polar surface area (TPSA) is 30.5 Å². The Bertz CT molecular complexity index is 467. The molecule has 2 fully saturated rings. The first-order valence-electron chi connectivity index (χ1n) is 8.39. The number of hydrogen-bond donors (Lipinski definition) is 1. The second-order valence-corrected chi connectivity index (χ2v) is 7.02. The average Bonchev–Trinajstić information content (AvgIpc) is 3.25. The van der Waals surface area contributed by atoms with Crippen LogP contribution in [0.3, 0.4) is 0 Å². The predicted molar refractivity (Wildman–Crippen MR) is 82.7 cm³/mol. The van der Waals surface area contributed by atoms with Crippen molar-refractivity contribution in [2.45, 2.75) is 50.7 Å². The Morgan fingerprint density at radius 3 is 2.71 bits per heavy atom. The van der Waals surface area contributed by atoms with E-state index in [0.717, 1.165) is 44.4 Å². The number of hydrogen-bond acceptors (Lipinski definition) is 3. The maximum atomic E-state index is 6.19. The largest absolute Gasteiger partial charge is 0.490 e. The zero-order valence-corrected chi connectivity index (χ0v) is 12.6. The molecule has 1 N–H and O–H groups in total. The van der Waals surface area contributed by atoms with Crippen LogP contribution in [0.15, 0.2) is 24.3 Å². The Labute approximate surface area is 127 Å². The van der Waals surface area contributed by atoms with Gasteiger partial charge in [0.2, 0.25) is 0 Å². The molecule has 1 aromatic rings. The first-order valence-corrected chi connectivity index (χ1v) is 8.39. The molecule has 0 amide bonds. The van der Waals surface area contributed by atoms with Crippen LogP contribution in [0.5, 0.6) is 5.75 Å². The Morgan fingerprint density at radius 1 is 1.14 bits per heavy atom. The predicted octanol–water partition coefficient (Wildman–Crippen LogP) is 2.93. The van der Waals surface area contributed by atoms with Gasteiger partial charge in [-0.15, -0.1) is 0 Å². The molecule has 0 radical (unpaired) electrons. The van der Waals surface area contributed by atoms with Crippen molar-refractivity contribution in [3.8, 4) is 5.75 Å². The molecule has 114 valence electrons. The SMILES string of the molecule is c1ccc2c(c1)CC(CC1(CNC3CC3)CCOCC1)O2. The van der Waals surface area contributed by atoms with Gasteiger partial charge in [-0.2, -0.15) is 0 Å². The Balaban J connectivity index is 1.42. The van der Waals surface area contributed by atoms with Crippen LogP contribution in [-0.4, -0.2) is 31.9 Å². The van der Waals surface area contributed by atoms with Gasteiger partial charge in [0, 0.05) is 32.2 Å². The Hall–Kier alpha value is -1.06. The molecule has 1 aliphatic carbocycles. The van der Waals surface area contributed by atoms with Gasteiger partial charge < -0.3 is 14.8 Å². The molecule has 2 aliphatic heterocycles. The maximum absolute atomic E-state index is 6.19. The quantitative estimate of drug-likeness (QED) is 0.903. The van der Waals surface area contributed by atoms with Crippen LogP contribution in [0.1, 0.15) is 37.7 Å². The number of nitrogens with one attached hydrogen (secondary N) is 1. The van der Waals surface area contributed by atoms with Crippen LogP contribution in [0.25, 0.3) is 0 Å². The summed E-state index contributed by atoms with van der Waals surface area (Å²) < 4.78 is 11.8. The van der Waals surface area contributed by atoms with E-state index in [4.69, 9.17) is 9.47 Å². The Morgan fingerprint density at radius 2 is 1.95 bits per heavy atom. The normalized spacial score (nSPS) is 27.1. The van der Waals surface area contributed by atoms with Gasteiger partial charge in [0.15, 0.2) is 0 Å². The van der Waals surface area contributed by atoms with Crippen molar-refractivity contribution in [2.24, 2.45) is 5.41 Å². The van der Waals surface area contributed by atoms with E-state index in [9.17, 15) is 0 Å². The molecule has 0 spiro atoms. The average molecular weight is 287 g/mol. The van der Waals surface area contributed by atoms with E-state index < -0.39 is 0 Å². The summed E-state index contributed by atoms with van der Waals surface area (Å²) in [5.74, 6) is 1.10. The highest BCUT2D eigenvalue weighted by Gasteiger charge is 2.38. The van der Waals surface area contributed by atoms with Crippen LogP contribution >= 0.6 is 0 Å². The fourth-order valence-electron chi connectivity index (χ4n) is 3.76. The summed E-state index contributed by atoms with van der Waals surface area (Å²) in [4.78, 5) is 0. The van der Waals surface area contributed by atoms with Crippen LogP contribution < -0.4 is 10.1 Å². The Kier molecular flexibility index (Phi) is 3.64.